The summed E-state index contributed by atoms with van der Waals surface area (Å²) in [5.74, 6) is 0. The van der Waals surface area contributed by atoms with Crippen molar-refractivity contribution in [2.75, 3.05) is 0 Å². The van der Waals surface area contributed by atoms with Gasteiger partial charge in [0.15, 0.2) is 0 Å². The monoisotopic (exact) mass is 445 g/mol. The molecule has 3 aromatic carbocycles. The van der Waals surface area contributed by atoms with Crippen molar-refractivity contribution >= 4 is 22.2 Å². The van der Waals surface area contributed by atoms with E-state index in [-0.39, 0.29) is 0 Å². The van der Waals surface area contributed by atoms with Crippen LogP contribution in [-0.4, -0.2) is 25.0 Å². The first-order valence-corrected chi connectivity index (χ1v) is 11.5. The molecule has 5 nitrogen and oxygen atoms in total. The number of fused-ring (bicyclic) bond motifs is 1. The second-order valence-electron chi connectivity index (χ2n) is 7.73. The lowest BCUT2D eigenvalue weighted by molar-refractivity contribution is 0.895. The zero-order chi connectivity index (χ0) is 22.2. The Kier molecular flexibility index (Phi) is 4.78. The molecular weight excluding hydrogens is 426 g/mol. The lowest BCUT2D eigenvalue weighted by Gasteiger charge is -2.04. The summed E-state index contributed by atoms with van der Waals surface area (Å²) in [4.78, 5) is 5.85. The number of thiazole rings is 1. The summed E-state index contributed by atoms with van der Waals surface area (Å²) in [6.45, 7) is 2.03. The zero-order valence-corrected chi connectivity index (χ0v) is 18.7. The molecule has 3 aromatic heterocycles. The molecule has 0 aliphatic carbocycles. The van der Waals surface area contributed by atoms with Crippen LogP contribution < -0.4 is 0 Å². The first kappa shape index (κ1) is 19.5. The lowest BCUT2D eigenvalue weighted by atomic mass is 10.1. The fraction of sp³-hybridized carbons (Fsp3) is 0.0370. The molecule has 0 radical (unpaired) electrons. The van der Waals surface area contributed by atoms with Crippen LogP contribution in [0.25, 0.3) is 49.0 Å². The van der Waals surface area contributed by atoms with Gasteiger partial charge in [0.25, 0.3) is 0 Å². The summed E-state index contributed by atoms with van der Waals surface area (Å²) >= 11 is 1.64. The van der Waals surface area contributed by atoms with Gasteiger partial charge in [-0.25, -0.2) is 9.67 Å². The van der Waals surface area contributed by atoms with E-state index in [0.29, 0.717) is 0 Å². The van der Waals surface area contributed by atoms with Gasteiger partial charge in [-0.2, -0.15) is 5.10 Å². The molecule has 0 saturated carbocycles. The Morgan fingerprint density at radius 1 is 0.697 bits per heavy atom. The second kappa shape index (κ2) is 8.07. The molecule has 6 heteroatoms. The number of hydrogen-bond acceptors (Lipinski definition) is 5. The lowest BCUT2D eigenvalue weighted by Crippen LogP contribution is -1.95. The molecule has 158 valence electrons. The van der Waals surface area contributed by atoms with E-state index >= 15 is 0 Å². The summed E-state index contributed by atoms with van der Waals surface area (Å²) in [7, 11) is 0. The van der Waals surface area contributed by atoms with E-state index in [9.17, 15) is 0 Å². The number of hydrogen-bond donors (Lipinski definition) is 0. The van der Waals surface area contributed by atoms with Crippen LogP contribution in [0.4, 0.5) is 0 Å². The summed E-state index contributed by atoms with van der Waals surface area (Å²) < 4.78 is 1.90. The van der Waals surface area contributed by atoms with E-state index in [4.69, 9.17) is 15.2 Å². The van der Waals surface area contributed by atoms with Gasteiger partial charge in [-0.3, -0.25) is 0 Å². The van der Waals surface area contributed by atoms with E-state index in [2.05, 4.69) is 17.2 Å². The van der Waals surface area contributed by atoms with Gasteiger partial charge in [0.2, 0.25) is 0 Å². The minimum absolute atomic E-state index is 0.773. The average molecular weight is 446 g/mol. The number of benzene rings is 3. The maximum atomic E-state index is 4.94. The predicted octanol–water partition coefficient (Wildman–Crippen LogP) is 6.58. The summed E-state index contributed by atoms with van der Waals surface area (Å²) in [6, 6.07) is 30.4. The van der Waals surface area contributed by atoms with Crippen LogP contribution >= 0.6 is 11.3 Å². The van der Waals surface area contributed by atoms with E-state index < -0.39 is 0 Å². The van der Waals surface area contributed by atoms with Crippen LogP contribution in [0.2, 0.25) is 0 Å². The number of rotatable bonds is 4. The van der Waals surface area contributed by atoms with Crippen LogP contribution in [0.15, 0.2) is 97.2 Å². The smallest absolute Gasteiger partial charge is 0.124 e. The van der Waals surface area contributed by atoms with Crippen LogP contribution in [0, 0.1) is 6.92 Å². The Morgan fingerprint density at radius 3 is 2.00 bits per heavy atom. The molecule has 0 aliphatic heterocycles. The molecule has 0 aliphatic rings. The molecular formula is C27H19N5S. The number of aryl methyl sites for hydroxylation is 1. The third kappa shape index (κ3) is 3.50. The van der Waals surface area contributed by atoms with Crippen LogP contribution in [0.3, 0.4) is 0 Å². The van der Waals surface area contributed by atoms with Crippen molar-refractivity contribution in [3.05, 3.63) is 103 Å². The normalized spacial score (nSPS) is 11.2. The van der Waals surface area contributed by atoms with E-state index in [1.807, 2.05) is 96.7 Å². The van der Waals surface area contributed by atoms with Crippen molar-refractivity contribution in [2.45, 2.75) is 6.92 Å². The third-order valence-corrected chi connectivity index (χ3v) is 6.76. The Morgan fingerprint density at radius 2 is 1.30 bits per heavy atom. The highest BCUT2D eigenvalue weighted by Gasteiger charge is 2.21. The number of nitrogens with zero attached hydrogens (tertiary/aromatic N) is 5. The Balaban J connectivity index is 1.58. The second-order valence-corrected chi connectivity index (χ2v) is 8.73. The highest BCUT2D eigenvalue weighted by molar-refractivity contribution is 7.18. The van der Waals surface area contributed by atoms with Crippen molar-refractivity contribution in [1.82, 2.24) is 25.0 Å². The minimum Gasteiger partial charge on any atom is -0.241 e. The number of para-hydroxylation sites is 1. The van der Waals surface area contributed by atoms with Gasteiger partial charge >= 0.3 is 0 Å². The first-order valence-electron chi connectivity index (χ1n) is 10.7. The maximum Gasteiger partial charge on any atom is 0.124 e. The molecule has 0 unspecified atom stereocenters. The molecule has 0 N–H and O–H groups in total. The molecule has 33 heavy (non-hydrogen) atoms. The van der Waals surface area contributed by atoms with E-state index in [1.54, 1.807) is 11.3 Å². The highest BCUT2D eigenvalue weighted by atomic mass is 32.1. The van der Waals surface area contributed by atoms with Gasteiger partial charge in [0, 0.05) is 17.3 Å². The standard InChI is InChI=1S/C27H19N5S/c1-18-26(33-27(28-18)20-13-7-3-8-14-20)25-22-17-32(21-15-9-4-10-16-21)31-24(22)23(29-30-25)19-11-5-2-6-12-19/h2-17H,1H3. The van der Waals surface area contributed by atoms with E-state index in [0.717, 1.165) is 54.7 Å². The van der Waals surface area contributed by atoms with Crippen molar-refractivity contribution in [2.24, 2.45) is 0 Å². The van der Waals surface area contributed by atoms with Crippen molar-refractivity contribution < 1.29 is 0 Å². The molecule has 3 heterocycles. The molecule has 0 bridgehead atoms. The first-order chi connectivity index (χ1) is 16.3. The van der Waals surface area contributed by atoms with Crippen molar-refractivity contribution in [1.29, 1.82) is 0 Å². The molecule has 0 saturated heterocycles. The van der Waals surface area contributed by atoms with Crippen molar-refractivity contribution in [3.63, 3.8) is 0 Å². The highest BCUT2D eigenvalue weighted by Crippen LogP contribution is 2.38. The average Bonchev–Trinajstić information content (AvgIpc) is 3.49. The summed E-state index contributed by atoms with van der Waals surface area (Å²) in [5, 5.41) is 16.2. The summed E-state index contributed by atoms with van der Waals surface area (Å²) in [5.41, 5.74) is 6.43. The Bertz CT molecular complexity index is 1550. The van der Waals surface area contributed by atoms with E-state index in [1.165, 1.54) is 0 Å². The van der Waals surface area contributed by atoms with Gasteiger partial charge < -0.3 is 0 Å². The Hall–Kier alpha value is -4.16. The van der Waals surface area contributed by atoms with Crippen LogP contribution in [-0.2, 0) is 0 Å². The molecule has 6 aromatic rings. The fourth-order valence-electron chi connectivity index (χ4n) is 3.91. The third-order valence-electron chi connectivity index (χ3n) is 5.54. The largest absolute Gasteiger partial charge is 0.241 e. The topological polar surface area (TPSA) is 56.5 Å². The number of aromatic nitrogens is 5. The summed E-state index contributed by atoms with van der Waals surface area (Å²) in [6.07, 6.45) is 2.04. The maximum absolute atomic E-state index is 4.94. The molecule has 0 amide bonds. The molecule has 0 fully saturated rings. The van der Waals surface area contributed by atoms with Gasteiger partial charge in [-0.1, -0.05) is 78.9 Å². The fourth-order valence-corrected chi connectivity index (χ4v) is 4.99. The SMILES string of the molecule is Cc1nc(-c2ccccc2)sc1-c1nnc(-c2ccccc2)c2nn(-c3ccccc3)cc12. The van der Waals surface area contributed by atoms with Gasteiger partial charge in [-0.15, -0.1) is 21.5 Å². The van der Waals surface area contributed by atoms with Gasteiger partial charge in [-0.05, 0) is 19.1 Å². The Labute approximate surface area is 195 Å². The van der Waals surface area contributed by atoms with Crippen LogP contribution in [0.5, 0.6) is 0 Å². The van der Waals surface area contributed by atoms with Crippen molar-refractivity contribution in [3.8, 4) is 38.1 Å². The zero-order valence-electron chi connectivity index (χ0n) is 17.9. The molecule has 0 atom stereocenters. The minimum atomic E-state index is 0.773. The van der Waals surface area contributed by atoms with Crippen LogP contribution in [0.1, 0.15) is 5.69 Å². The quantitative estimate of drug-likeness (QED) is 0.307. The van der Waals surface area contributed by atoms with Gasteiger partial charge in [0.05, 0.1) is 21.6 Å². The molecule has 6 rings (SSSR count). The van der Waals surface area contributed by atoms with Gasteiger partial charge in [0.1, 0.15) is 21.9 Å². The predicted molar refractivity (Wildman–Crippen MR) is 133 cm³/mol. The molecule has 0 spiro atoms.